The van der Waals surface area contributed by atoms with Gasteiger partial charge in [0, 0.05) is 16.1 Å². The quantitative estimate of drug-likeness (QED) is 0.813. The molecular weight excluding hydrogens is 314 g/mol. The molecule has 1 fully saturated rings. The van der Waals surface area contributed by atoms with Crippen LogP contribution >= 0.6 is 15.9 Å². The van der Waals surface area contributed by atoms with E-state index in [9.17, 15) is 0 Å². The molecule has 0 amide bonds. The van der Waals surface area contributed by atoms with Crippen molar-refractivity contribution >= 4 is 15.9 Å². The largest absolute Gasteiger partial charge is 0.496 e. The summed E-state index contributed by atoms with van der Waals surface area (Å²) in [5.41, 5.74) is 8.11. The Kier molecular flexibility index (Phi) is 5.14. The Balaban J connectivity index is 2.36. The average Bonchev–Trinajstić information content (AvgIpc) is 2.86. The number of nitrogens with two attached hydrogens (primary N) is 1. The van der Waals surface area contributed by atoms with Crippen LogP contribution in [0.4, 0.5) is 0 Å². The van der Waals surface area contributed by atoms with E-state index in [1.807, 2.05) is 12.1 Å². The summed E-state index contributed by atoms with van der Waals surface area (Å²) in [4.78, 5) is 0. The highest BCUT2D eigenvalue weighted by molar-refractivity contribution is 9.10. The van der Waals surface area contributed by atoms with E-state index in [4.69, 9.17) is 10.5 Å². The fraction of sp³-hybridized carbons (Fsp3) is 0.647. The minimum absolute atomic E-state index is 0.0554. The molecule has 112 valence electrons. The van der Waals surface area contributed by atoms with Gasteiger partial charge in [0.1, 0.15) is 5.75 Å². The molecule has 20 heavy (non-hydrogen) atoms. The highest BCUT2D eigenvalue weighted by Gasteiger charge is 2.41. The first-order valence-corrected chi connectivity index (χ1v) is 8.37. The average molecular weight is 340 g/mol. The Bertz CT molecular complexity index is 452. The lowest BCUT2D eigenvalue weighted by atomic mass is 9.70. The molecule has 1 aromatic rings. The third-order valence-corrected chi connectivity index (χ3v) is 5.09. The van der Waals surface area contributed by atoms with Gasteiger partial charge >= 0.3 is 0 Å². The molecule has 0 spiro atoms. The summed E-state index contributed by atoms with van der Waals surface area (Å²) in [6.07, 6.45) is 6.28. The van der Waals surface area contributed by atoms with Crippen LogP contribution in [-0.4, -0.2) is 7.11 Å². The topological polar surface area (TPSA) is 35.2 Å². The molecule has 1 atom stereocenters. The first kappa shape index (κ1) is 15.8. The van der Waals surface area contributed by atoms with Gasteiger partial charge in [0.15, 0.2) is 0 Å². The number of halogens is 1. The van der Waals surface area contributed by atoms with E-state index in [0.717, 1.165) is 15.8 Å². The lowest BCUT2D eigenvalue weighted by Crippen LogP contribution is -2.34. The van der Waals surface area contributed by atoms with Gasteiger partial charge < -0.3 is 10.5 Å². The van der Waals surface area contributed by atoms with Crippen LogP contribution in [0, 0.1) is 11.3 Å². The van der Waals surface area contributed by atoms with E-state index >= 15 is 0 Å². The van der Waals surface area contributed by atoms with E-state index in [-0.39, 0.29) is 11.5 Å². The second kappa shape index (κ2) is 6.48. The number of hydrogen-bond acceptors (Lipinski definition) is 2. The van der Waals surface area contributed by atoms with Crippen molar-refractivity contribution in [1.82, 2.24) is 0 Å². The summed E-state index contributed by atoms with van der Waals surface area (Å²) in [7, 11) is 1.73. The summed E-state index contributed by atoms with van der Waals surface area (Å²) in [6.45, 7) is 4.59. The molecule has 0 aromatic heterocycles. The molecule has 0 radical (unpaired) electrons. The molecule has 2 nitrogen and oxygen atoms in total. The highest BCUT2D eigenvalue weighted by Crippen LogP contribution is 2.52. The molecule has 1 saturated carbocycles. The van der Waals surface area contributed by atoms with Crippen molar-refractivity contribution in [3.05, 3.63) is 28.2 Å². The molecule has 0 aliphatic heterocycles. The van der Waals surface area contributed by atoms with Gasteiger partial charge in [0.25, 0.3) is 0 Å². The molecule has 1 aromatic carbocycles. The van der Waals surface area contributed by atoms with Crippen molar-refractivity contribution in [3.8, 4) is 5.75 Å². The highest BCUT2D eigenvalue weighted by atomic mass is 79.9. The van der Waals surface area contributed by atoms with Crippen LogP contribution in [0.1, 0.15) is 57.6 Å². The number of rotatable bonds is 5. The van der Waals surface area contributed by atoms with E-state index in [0.29, 0.717) is 5.92 Å². The third kappa shape index (κ3) is 3.20. The Morgan fingerprint density at radius 2 is 1.95 bits per heavy atom. The second-order valence-electron chi connectivity index (χ2n) is 6.53. The van der Waals surface area contributed by atoms with Crippen LogP contribution in [-0.2, 0) is 0 Å². The normalized spacial score (nSPS) is 19.3. The van der Waals surface area contributed by atoms with E-state index in [2.05, 4.69) is 35.8 Å². The first-order chi connectivity index (χ1) is 9.48. The van der Waals surface area contributed by atoms with Crippen molar-refractivity contribution in [2.45, 2.75) is 52.0 Å². The van der Waals surface area contributed by atoms with E-state index in [1.54, 1.807) is 7.11 Å². The Labute approximate surface area is 131 Å². The lowest BCUT2D eigenvalue weighted by Gasteiger charge is -2.37. The van der Waals surface area contributed by atoms with Gasteiger partial charge in [-0.05, 0) is 48.8 Å². The predicted molar refractivity (Wildman–Crippen MR) is 88.0 cm³/mol. The Morgan fingerprint density at radius 3 is 2.50 bits per heavy atom. The van der Waals surface area contributed by atoms with Crippen molar-refractivity contribution in [2.24, 2.45) is 17.1 Å². The van der Waals surface area contributed by atoms with E-state index in [1.165, 1.54) is 32.1 Å². The SMILES string of the molecule is COc1ccc(Br)cc1C(N)C1(CC(C)C)CCCC1. The van der Waals surface area contributed by atoms with Crippen LogP contribution < -0.4 is 10.5 Å². The maximum atomic E-state index is 6.73. The molecule has 3 heteroatoms. The monoisotopic (exact) mass is 339 g/mol. The zero-order valence-corrected chi connectivity index (χ0v) is 14.4. The van der Waals surface area contributed by atoms with Crippen LogP contribution in [0.15, 0.2) is 22.7 Å². The molecule has 0 bridgehead atoms. The van der Waals surface area contributed by atoms with Crippen LogP contribution in [0.2, 0.25) is 0 Å². The molecule has 1 unspecified atom stereocenters. The molecule has 1 aliphatic carbocycles. The molecular formula is C17H26BrNO. The maximum absolute atomic E-state index is 6.73. The number of ether oxygens (including phenoxy) is 1. The van der Waals surface area contributed by atoms with Gasteiger partial charge in [-0.3, -0.25) is 0 Å². The van der Waals surface area contributed by atoms with E-state index < -0.39 is 0 Å². The van der Waals surface area contributed by atoms with Crippen molar-refractivity contribution < 1.29 is 4.74 Å². The van der Waals surface area contributed by atoms with Crippen LogP contribution in [0.5, 0.6) is 5.75 Å². The molecule has 2 N–H and O–H groups in total. The maximum Gasteiger partial charge on any atom is 0.123 e. The minimum atomic E-state index is 0.0554. The van der Waals surface area contributed by atoms with Crippen molar-refractivity contribution in [1.29, 1.82) is 0 Å². The fourth-order valence-corrected chi connectivity index (χ4v) is 4.19. The van der Waals surface area contributed by atoms with Gasteiger partial charge in [0.2, 0.25) is 0 Å². The first-order valence-electron chi connectivity index (χ1n) is 7.57. The minimum Gasteiger partial charge on any atom is -0.496 e. The summed E-state index contributed by atoms with van der Waals surface area (Å²) in [5.74, 6) is 1.59. The van der Waals surface area contributed by atoms with Gasteiger partial charge in [-0.25, -0.2) is 0 Å². The van der Waals surface area contributed by atoms with Crippen molar-refractivity contribution in [2.75, 3.05) is 7.11 Å². The zero-order chi connectivity index (χ0) is 14.8. The smallest absolute Gasteiger partial charge is 0.123 e. The second-order valence-corrected chi connectivity index (χ2v) is 7.45. The van der Waals surface area contributed by atoms with Gasteiger partial charge in [-0.15, -0.1) is 0 Å². The molecule has 2 rings (SSSR count). The molecule has 0 saturated heterocycles. The Morgan fingerprint density at radius 1 is 1.30 bits per heavy atom. The zero-order valence-electron chi connectivity index (χ0n) is 12.8. The van der Waals surface area contributed by atoms with Crippen LogP contribution in [0.25, 0.3) is 0 Å². The van der Waals surface area contributed by atoms with Gasteiger partial charge in [-0.2, -0.15) is 0 Å². The number of methoxy groups -OCH3 is 1. The summed E-state index contributed by atoms with van der Waals surface area (Å²) in [5, 5.41) is 0. The molecule has 1 aliphatic rings. The van der Waals surface area contributed by atoms with Gasteiger partial charge in [-0.1, -0.05) is 42.6 Å². The third-order valence-electron chi connectivity index (χ3n) is 4.60. The number of benzene rings is 1. The number of hydrogen-bond donors (Lipinski definition) is 1. The summed E-state index contributed by atoms with van der Waals surface area (Å²) in [6, 6.07) is 6.21. The lowest BCUT2D eigenvalue weighted by molar-refractivity contribution is 0.181. The van der Waals surface area contributed by atoms with Crippen molar-refractivity contribution in [3.63, 3.8) is 0 Å². The van der Waals surface area contributed by atoms with Crippen LogP contribution in [0.3, 0.4) is 0 Å². The van der Waals surface area contributed by atoms with Gasteiger partial charge in [0.05, 0.1) is 7.11 Å². The predicted octanol–water partition coefficient (Wildman–Crippen LogP) is 5.06. The molecule has 0 heterocycles. The summed E-state index contributed by atoms with van der Waals surface area (Å²) >= 11 is 3.56. The standard InChI is InChI=1S/C17H26BrNO/c1-12(2)11-17(8-4-5-9-17)16(19)14-10-13(18)6-7-15(14)20-3/h6-7,10,12,16H,4-5,8-9,11,19H2,1-3H3. The summed E-state index contributed by atoms with van der Waals surface area (Å²) < 4.78 is 6.60. The fourth-order valence-electron chi connectivity index (χ4n) is 3.81. The Hall–Kier alpha value is -0.540.